The maximum atomic E-state index is 11.8. The van der Waals surface area contributed by atoms with Gasteiger partial charge in [-0.3, -0.25) is 9.59 Å². The van der Waals surface area contributed by atoms with E-state index in [4.69, 9.17) is 11.6 Å². The standard InChI is InChI=1S/C12H17ClN2O2/c13-9-4-11(16)14(7-9)5-8-3-12(17)15(6-8)10-1-2-10/h8-10H,1-7H2. The second-order valence-corrected chi connectivity index (χ2v) is 6.06. The highest BCUT2D eigenvalue weighted by Crippen LogP contribution is 2.33. The molecule has 1 saturated carbocycles. The van der Waals surface area contributed by atoms with E-state index < -0.39 is 0 Å². The number of carbonyl (C=O) groups is 2. The Morgan fingerprint density at radius 1 is 1.12 bits per heavy atom. The summed E-state index contributed by atoms with van der Waals surface area (Å²) >= 11 is 5.97. The van der Waals surface area contributed by atoms with Crippen LogP contribution in [0.4, 0.5) is 0 Å². The van der Waals surface area contributed by atoms with Crippen molar-refractivity contribution in [3.05, 3.63) is 0 Å². The molecule has 0 N–H and O–H groups in total. The van der Waals surface area contributed by atoms with Crippen molar-refractivity contribution >= 4 is 23.4 Å². The Hall–Kier alpha value is -0.770. The monoisotopic (exact) mass is 256 g/mol. The van der Waals surface area contributed by atoms with E-state index in [1.165, 1.54) is 0 Å². The van der Waals surface area contributed by atoms with Gasteiger partial charge in [-0.1, -0.05) is 0 Å². The molecule has 2 unspecified atom stereocenters. The minimum absolute atomic E-state index is 0.0425. The van der Waals surface area contributed by atoms with Gasteiger partial charge in [-0.25, -0.2) is 0 Å². The minimum atomic E-state index is -0.0425. The first-order chi connectivity index (χ1) is 8.13. The van der Waals surface area contributed by atoms with Crippen LogP contribution in [0.3, 0.4) is 0 Å². The zero-order chi connectivity index (χ0) is 12.0. The van der Waals surface area contributed by atoms with Crippen molar-refractivity contribution in [3.8, 4) is 0 Å². The van der Waals surface area contributed by atoms with Gasteiger partial charge in [0.05, 0.1) is 5.38 Å². The molecule has 2 atom stereocenters. The van der Waals surface area contributed by atoms with Gasteiger partial charge in [0.15, 0.2) is 0 Å². The van der Waals surface area contributed by atoms with E-state index in [0.29, 0.717) is 37.9 Å². The normalized spacial score (nSPS) is 33.9. The summed E-state index contributed by atoms with van der Waals surface area (Å²) in [6, 6.07) is 0.502. The van der Waals surface area contributed by atoms with Gasteiger partial charge in [-0.05, 0) is 12.8 Å². The van der Waals surface area contributed by atoms with Gasteiger partial charge in [-0.15, -0.1) is 11.6 Å². The first-order valence-corrected chi connectivity index (χ1v) is 6.78. The fourth-order valence-corrected chi connectivity index (χ4v) is 3.18. The average molecular weight is 257 g/mol. The van der Waals surface area contributed by atoms with Gasteiger partial charge in [0.1, 0.15) is 0 Å². The van der Waals surface area contributed by atoms with Crippen molar-refractivity contribution in [2.45, 2.75) is 37.1 Å². The second-order valence-electron chi connectivity index (χ2n) is 5.45. The molecule has 2 amide bonds. The molecule has 3 rings (SSSR count). The number of nitrogens with zero attached hydrogens (tertiary/aromatic N) is 2. The zero-order valence-corrected chi connectivity index (χ0v) is 10.5. The molecular weight excluding hydrogens is 240 g/mol. The third-order valence-electron chi connectivity index (χ3n) is 3.87. The summed E-state index contributed by atoms with van der Waals surface area (Å²) in [4.78, 5) is 27.2. The third kappa shape index (κ3) is 2.28. The summed E-state index contributed by atoms with van der Waals surface area (Å²) in [6.45, 7) is 2.19. The number of amides is 2. The van der Waals surface area contributed by atoms with Gasteiger partial charge in [0, 0.05) is 44.4 Å². The number of rotatable bonds is 3. The molecule has 94 valence electrons. The van der Waals surface area contributed by atoms with E-state index in [0.717, 1.165) is 19.4 Å². The lowest BCUT2D eigenvalue weighted by Crippen LogP contribution is -2.33. The predicted octanol–water partition coefficient (Wildman–Crippen LogP) is 0.837. The molecule has 2 aliphatic heterocycles. The number of alkyl halides is 1. The van der Waals surface area contributed by atoms with Crippen molar-refractivity contribution in [1.29, 1.82) is 0 Å². The maximum Gasteiger partial charge on any atom is 0.224 e. The van der Waals surface area contributed by atoms with Gasteiger partial charge < -0.3 is 9.80 Å². The largest absolute Gasteiger partial charge is 0.341 e. The molecule has 4 nitrogen and oxygen atoms in total. The molecule has 0 spiro atoms. The van der Waals surface area contributed by atoms with E-state index >= 15 is 0 Å². The van der Waals surface area contributed by atoms with Crippen molar-refractivity contribution in [2.75, 3.05) is 19.6 Å². The molecule has 0 aromatic heterocycles. The van der Waals surface area contributed by atoms with Crippen LogP contribution >= 0.6 is 11.6 Å². The van der Waals surface area contributed by atoms with E-state index in [9.17, 15) is 9.59 Å². The summed E-state index contributed by atoms with van der Waals surface area (Å²) in [5.74, 6) is 0.725. The Morgan fingerprint density at radius 2 is 1.88 bits per heavy atom. The van der Waals surface area contributed by atoms with E-state index in [1.54, 1.807) is 0 Å². The second kappa shape index (κ2) is 4.16. The van der Waals surface area contributed by atoms with Gasteiger partial charge in [-0.2, -0.15) is 0 Å². The highest BCUT2D eigenvalue weighted by molar-refractivity contribution is 6.22. The fourth-order valence-electron chi connectivity index (χ4n) is 2.88. The van der Waals surface area contributed by atoms with Gasteiger partial charge >= 0.3 is 0 Å². The van der Waals surface area contributed by atoms with E-state index in [-0.39, 0.29) is 17.2 Å². The molecule has 0 radical (unpaired) electrons. The summed E-state index contributed by atoms with van der Waals surface area (Å²) < 4.78 is 0. The van der Waals surface area contributed by atoms with Gasteiger partial charge in [0.25, 0.3) is 0 Å². The molecule has 1 aliphatic carbocycles. The molecule has 5 heteroatoms. The van der Waals surface area contributed by atoms with E-state index in [1.807, 2.05) is 9.80 Å². The van der Waals surface area contributed by atoms with Gasteiger partial charge in [0.2, 0.25) is 11.8 Å². The van der Waals surface area contributed by atoms with Crippen LogP contribution in [0.25, 0.3) is 0 Å². The van der Waals surface area contributed by atoms with Crippen LogP contribution in [-0.4, -0.2) is 52.7 Å². The number of likely N-dealkylation sites (tertiary alicyclic amines) is 2. The maximum absolute atomic E-state index is 11.8. The average Bonchev–Trinajstić information content (AvgIpc) is 2.96. The number of carbonyl (C=O) groups excluding carboxylic acids is 2. The quantitative estimate of drug-likeness (QED) is 0.702. The highest BCUT2D eigenvalue weighted by atomic mass is 35.5. The molecule has 0 aromatic carbocycles. The smallest absolute Gasteiger partial charge is 0.224 e. The summed E-state index contributed by atoms with van der Waals surface area (Å²) in [6.07, 6.45) is 3.37. The molecule has 2 heterocycles. The molecule has 17 heavy (non-hydrogen) atoms. The Balaban J connectivity index is 1.56. The highest BCUT2D eigenvalue weighted by Gasteiger charge is 2.40. The van der Waals surface area contributed by atoms with Crippen molar-refractivity contribution < 1.29 is 9.59 Å². The number of hydrogen-bond acceptors (Lipinski definition) is 2. The fraction of sp³-hybridized carbons (Fsp3) is 0.833. The van der Waals surface area contributed by atoms with Crippen LogP contribution in [0.2, 0.25) is 0 Å². The first kappa shape index (κ1) is 11.3. The van der Waals surface area contributed by atoms with Crippen LogP contribution in [0.5, 0.6) is 0 Å². The number of halogens is 1. The molecule has 3 fully saturated rings. The Bertz CT molecular complexity index is 356. The molecule has 2 saturated heterocycles. The molecule has 3 aliphatic rings. The SMILES string of the molecule is O=C1CC(Cl)CN1CC1CC(=O)N(C2CC2)C1. The predicted molar refractivity (Wildman–Crippen MR) is 63.7 cm³/mol. The zero-order valence-electron chi connectivity index (χ0n) is 9.77. The lowest BCUT2D eigenvalue weighted by Gasteiger charge is -2.20. The van der Waals surface area contributed by atoms with Crippen molar-refractivity contribution in [2.24, 2.45) is 5.92 Å². The summed E-state index contributed by atoms with van der Waals surface area (Å²) in [5, 5.41) is -0.0425. The third-order valence-corrected chi connectivity index (χ3v) is 4.16. The topological polar surface area (TPSA) is 40.6 Å². The van der Waals surface area contributed by atoms with Crippen LogP contribution in [0.1, 0.15) is 25.7 Å². The van der Waals surface area contributed by atoms with Crippen LogP contribution in [-0.2, 0) is 9.59 Å². The molecular formula is C12H17ClN2O2. The summed E-state index contributed by atoms with van der Waals surface area (Å²) in [7, 11) is 0. The van der Waals surface area contributed by atoms with Crippen molar-refractivity contribution in [1.82, 2.24) is 9.80 Å². The van der Waals surface area contributed by atoms with Crippen molar-refractivity contribution in [3.63, 3.8) is 0 Å². The Kier molecular flexibility index (Phi) is 2.77. The van der Waals surface area contributed by atoms with E-state index in [2.05, 4.69) is 0 Å². The summed E-state index contributed by atoms with van der Waals surface area (Å²) in [5.41, 5.74) is 0. The first-order valence-electron chi connectivity index (χ1n) is 6.35. The lowest BCUT2D eigenvalue weighted by molar-refractivity contribution is -0.129. The lowest BCUT2D eigenvalue weighted by atomic mass is 10.1. The minimum Gasteiger partial charge on any atom is -0.341 e. The molecule has 0 aromatic rings. The number of hydrogen-bond donors (Lipinski definition) is 0. The van der Waals surface area contributed by atoms with Crippen LogP contribution < -0.4 is 0 Å². The Labute approximate surface area is 106 Å². The molecule has 0 bridgehead atoms. The van der Waals surface area contributed by atoms with Crippen LogP contribution in [0, 0.1) is 5.92 Å². The Morgan fingerprint density at radius 3 is 2.47 bits per heavy atom. The van der Waals surface area contributed by atoms with Crippen LogP contribution in [0.15, 0.2) is 0 Å².